The van der Waals surface area contributed by atoms with Crippen molar-refractivity contribution in [2.24, 2.45) is 0 Å². The molecule has 2 bridgehead atoms. The summed E-state index contributed by atoms with van der Waals surface area (Å²) in [6.07, 6.45) is 2.72. The molecule has 0 unspecified atom stereocenters. The van der Waals surface area contributed by atoms with E-state index in [-0.39, 0.29) is 24.3 Å². The maximum Gasteiger partial charge on any atom is 0.308 e. The monoisotopic (exact) mass is 156 g/mol. The van der Waals surface area contributed by atoms with E-state index in [1.165, 1.54) is 0 Å². The largest absolute Gasteiger partial charge is 0.462 e. The van der Waals surface area contributed by atoms with Crippen LogP contribution in [0.2, 0.25) is 0 Å². The highest BCUT2D eigenvalue weighted by molar-refractivity contribution is 5.71. The third-order valence-electron chi connectivity index (χ3n) is 2.24. The summed E-state index contributed by atoms with van der Waals surface area (Å²) in [4.78, 5) is 10.9. The lowest BCUT2D eigenvalue weighted by Gasteiger charge is -2.37. The number of ether oxygens (including phenoxy) is 2. The van der Waals surface area contributed by atoms with Crippen LogP contribution in [0.4, 0.5) is 0 Å². The normalized spacial score (nSPS) is 43.4. The third-order valence-corrected chi connectivity index (χ3v) is 2.24. The van der Waals surface area contributed by atoms with Gasteiger partial charge >= 0.3 is 5.97 Å². The van der Waals surface area contributed by atoms with Crippen LogP contribution in [-0.2, 0) is 14.3 Å². The topological polar surface area (TPSA) is 35.5 Å². The SMILES string of the molecule is C[C@H]1C[C@H]2C[C@H](CC(=O)O2)O1. The van der Waals surface area contributed by atoms with Gasteiger partial charge in [-0.05, 0) is 6.92 Å². The van der Waals surface area contributed by atoms with Crippen LogP contribution in [0.15, 0.2) is 0 Å². The number of rotatable bonds is 0. The minimum absolute atomic E-state index is 0.0989. The molecule has 0 aliphatic carbocycles. The number of esters is 1. The fraction of sp³-hybridized carbons (Fsp3) is 0.875. The molecule has 3 nitrogen and oxygen atoms in total. The van der Waals surface area contributed by atoms with Crippen LogP contribution in [0.25, 0.3) is 0 Å². The molecule has 0 aromatic rings. The van der Waals surface area contributed by atoms with Gasteiger partial charge in [-0.3, -0.25) is 4.79 Å². The first kappa shape index (κ1) is 7.10. The molecular weight excluding hydrogens is 144 g/mol. The predicted molar refractivity (Wildman–Crippen MR) is 38.1 cm³/mol. The first-order valence-electron chi connectivity index (χ1n) is 4.09. The van der Waals surface area contributed by atoms with Gasteiger partial charge in [0.1, 0.15) is 6.10 Å². The highest BCUT2D eigenvalue weighted by Gasteiger charge is 2.35. The minimum atomic E-state index is -0.0989. The summed E-state index contributed by atoms with van der Waals surface area (Å²) >= 11 is 0. The second kappa shape index (κ2) is 2.48. The molecule has 2 heterocycles. The molecule has 2 rings (SSSR count). The summed E-state index contributed by atoms with van der Waals surface area (Å²) in [5.41, 5.74) is 0. The average Bonchev–Trinajstić information content (AvgIpc) is 1.82. The van der Waals surface area contributed by atoms with E-state index in [4.69, 9.17) is 9.47 Å². The molecule has 11 heavy (non-hydrogen) atoms. The van der Waals surface area contributed by atoms with Crippen LogP contribution in [0, 0.1) is 0 Å². The number of carbonyl (C=O) groups is 1. The van der Waals surface area contributed by atoms with Gasteiger partial charge in [0, 0.05) is 12.8 Å². The van der Waals surface area contributed by atoms with Gasteiger partial charge < -0.3 is 9.47 Å². The summed E-state index contributed by atoms with van der Waals surface area (Å²) in [6.45, 7) is 2.03. The summed E-state index contributed by atoms with van der Waals surface area (Å²) in [5, 5.41) is 0. The van der Waals surface area contributed by atoms with E-state index in [0.717, 1.165) is 12.8 Å². The van der Waals surface area contributed by atoms with Crippen LogP contribution in [0.5, 0.6) is 0 Å². The van der Waals surface area contributed by atoms with Gasteiger partial charge in [-0.1, -0.05) is 0 Å². The average molecular weight is 156 g/mol. The quantitative estimate of drug-likeness (QED) is 0.488. The van der Waals surface area contributed by atoms with Crippen LogP contribution in [0.3, 0.4) is 0 Å². The first-order chi connectivity index (χ1) is 5.24. The summed E-state index contributed by atoms with van der Waals surface area (Å²) in [5.74, 6) is -0.0989. The molecule has 0 radical (unpaired) electrons. The highest BCUT2D eigenvalue weighted by Crippen LogP contribution is 2.28. The van der Waals surface area contributed by atoms with Gasteiger partial charge in [0.15, 0.2) is 0 Å². The van der Waals surface area contributed by atoms with Crippen molar-refractivity contribution in [2.75, 3.05) is 0 Å². The zero-order chi connectivity index (χ0) is 7.84. The molecule has 0 N–H and O–H groups in total. The van der Waals surface area contributed by atoms with Gasteiger partial charge in [-0.15, -0.1) is 0 Å². The fourth-order valence-corrected chi connectivity index (χ4v) is 1.85. The van der Waals surface area contributed by atoms with Crippen molar-refractivity contribution >= 4 is 5.97 Å². The smallest absolute Gasteiger partial charge is 0.308 e. The molecular formula is C8H12O3. The second-order valence-electron chi connectivity index (χ2n) is 3.36. The fourth-order valence-electron chi connectivity index (χ4n) is 1.85. The standard InChI is InChI=1S/C8H12O3/c1-5-2-6-3-7(10-5)4-8(9)11-6/h5-7H,2-4H2,1H3/t5-,6-,7+/m0/s1. The third kappa shape index (κ3) is 1.38. The lowest BCUT2D eigenvalue weighted by molar-refractivity contribution is -0.182. The van der Waals surface area contributed by atoms with Crippen LogP contribution in [0.1, 0.15) is 26.2 Å². The second-order valence-corrected chi connectivity index (χ2v) is 3.36. The number of carbonyl (C=O) groups excluding carboxylic acids is 1. The van der Waals surface area contributed by atoms with Crippen molar-refractivity contribution in [3.8, 4) is 0 Å². The Bertz CT molecular complexity index is 158. The van der Waals surface area contributed by atoms with Crippen molar-refractivity contribution in [1.29, 1.82) is 0 Å². The molecule has 2 aliphatic rings. The summed E-state index contributed by atoms with van der Waals surface area (Å²) in [7, 11) is 0. The molecule has 0 spiro atoms. The van der Waals surface area contributed by atoms with Gasteiger partial charge in [-0.25, -0.2) is 0 Å². The van der Waals surface area contributed by atoms with E-state index in [1.54, 1.807) is 0 Å². The molecule has 2 fully saturated rings. The summed E-state index contributed by atoms with van der Waals surface area (Å²) < 4.78 is 10.6. The van der Waals surface area contributed by atoms with E-state index in [2.05, 4.69) is 0 Å². The molecule has 0 aromatic heterocycles. The molecule has 3 heteroatoms. The molecule has 2 saturated heterocycles. The predicted octanol–water partition coefficient (Wildman–Crippen LogP) is 0.869. The molecule has 0 saturated carbocycles. The van der Waals surface area contributed by atoms with E-state index in [9.17, 15) is 4.79 Å². The molecule has 3 atom stereocenters. The van der Waals surface area contributed by atoms with Crippen LogP contribution < -0.4 is 0 Å². The summed E-state index contributed by atoms with van der Waals surface area (Å²) in [6, 6.07) is 0. The number of hydrogen-bond donors (Lipinski definition) is 0. The lowest BCUT2D eigenvalue weighted by atomic mass is 9.97. The Morgan fingerprint density at radius 3 is 2.91 bits per heavy atom. The molecule has 62 valence electrons. The molecule has 0 aromatic carbocycles. The number of hydrogen-bond acceptors (Lipinski definition) is 3. The molecule has 0 amide bonds. The van der Waals surface area contributed by atoms with Crippen LogP contribution >= 0.6 is 0 Å². The Kier molecular flexibility index (Phi) is 1.60. The van der Waals surface area contributed by atoms with Crippen molar-refractivity contribution in [1.82, 2.24) is 0 Å². The Labute approximate surface area is 65.7 Å². The van der Waals surface area contributed by atoms with Gasteiger partial charge in [0.25, 0.3) is 0 Å². The highest BCUT2D eigenvalue weighted by atomic mass is 16.6. The van der Waals surface area contributed by atoms with E-state index in [1.807, 2.05) is 6.92 Å². The Morgan fingerprint density at radius 2 is 2.18 bits per heavy atom. The Hall–Kier alpha value is -0.570. The van der Waals surface area contributed by atoms with Gasteiger partial charge in [0.2, 0.25) is 0 Å². The maximum absolute atomic E-state index is 10.9. The van der Waals surface area contributed by atoms with Crippen molar-refractivity contribution in [2.45, 2.75) is 44.5 Å². The van der Waals surface area contributed by atoms with Crippen molar-refractivity contribution in [3.63, 3.8) is 0 Å². The zero-order valence-electron chi connectivity index (χ0n) is 6.58. The zero-order valence-corrected chi connectivity index (χ0v) is 6.58. The van der Waals surface area contributed by atoms with E-state index < -0.39 is 0 Å². The van der Waals surface area contributed by atoms with E-state index in [0.29, 0.717) is 6.42 Å². The maximum atomic E-state index is 10.9. The lowest BCUT2D eigenvalue weighted by Crippen LogP contribution is -2.42. The Morgan fingerprint density at radius 1 is 1.36 bits per heavy atom. The van der Waals surface area contributed by atoms with Gasteiger partial charge in [0.05, 0.1) is 18.6 Å². The van der Waals surface area contributed by atoms with Gasteiger partial charge in [-0.2, -0.15) is 0 Å². The Balaban J connectivity index is 2.05. The van der Waals surface area contributed by atoms with Crippen molar-refractivity contribution in [3.05, 3.63) is 0 Å². The first-order valence-corrected chi connectivity index (χ1v) is 4.09. The van der Waals surface area contributed by atoms with Crippen molar-refractivity contribution < 1.29 is 14.3 Å². The minimum Gasteiger partial charge on any atom is -0.462 e. The van der Waals surface area contributed by atoms with E-state index >= 15 is 0 Å². The molecule has 2 aliphatic heterocycles. The van der Waals surface area contributed by atoms with Crippen LogP contribution in [-0.4, -0.2) is 24.3 Å². The number of fused-ring (bicyclic) bond motifs is 2.